The van der Waals surface area contributed by atoms with Crippen molar-refractivity contribution in [2.24, 2.45) is 5.84 Å². The molecule has 102 valence electrons. The van der Waals surface area contributed by atoms with Crippen LogP contribution in [-0.2, 0) is 6.18 Å². The summed E-state index contributed by atoms with van der Waals surface area (Å²) in [6.45, 7) is 0.438. The number of nitrogens with one attached hydrogen (secondary N) is 2. The average Bonchev–Trinajstić information content (AvgIpc) is 2.33. The van der Waals surface area contributed by atoms with Crippen molar-refractivity contribution >= 4 is 11.6 Å². The lowest BCUT2D eigenvalue weighted by Gasteiger charge is -2.11. The van der Waals surface area contributed by atoms with E-state index in [-0.39, 0.29) is 18.2 Å². The van der Waals surface area contributed by atoms with Gasteiger partial charge in [0, 0.05) is 19.2 Å². The molecule has 0 aliphatic heterocycles. The largest absolute Gasteiger partial charge is 0.451 e. The zero-order valence-electron chi connectivity index (χ0n) is 9.46. The van der Waals surface area contributed by atoms with Gasteiger partial charge in [-0.05, 0) is 12.8 Å². The van der Waals surface area contributed by atoms with Crippen molar-refractivity contribution in [1.29, 1.82) is 0 Å². The molecule has 5 N–H and O–H groups in total. The summed E-state index contributed by atoms with van der Waals surface area (Å²) in [6.07, 6.45) is -3.45. The fourth-order valence-electron chi connectivity index (χ4n) is 1.19. The number of rotatable bonds is 6. The zero-order chi connectivity index (χ0) is 13.6. The van der Waals surface area contributed by atoms with Crippen LogP contribution in [0.25, 0.3) is 0 Å². The Morgan fingerprint density at radius 3 is 2.44 bits per heavy atom. The zero-order valence-corrected chi connectivity index (χ0v) is 9.46. The van der Waals surface area contributed by atoms with Gasteiger partial charge in [0.25, 0.3) is 0 Å². The predicted molar refractivity (Wildman–Crippen MR) is 59.7 cm³/mol. The number of anilines is 2. The normalized spacial score (nSPS) is 11.4. The number of hydrazine groups is 1. The summed E-state index contributed by atoms with van der Waals surface area (Å²) in [5.41, 5.74) is 2.05. The molecule has 0 aliphatic carbocycles. The first-order valence-electron chi connectivity index (χ1n) is 5.25. The molecule has 0 saturated heterocycles. The van der Waals surface area contributed by atoms with Crippen LogP contribution in [0.15, 0.2) is 6.07 Å². The smallest absolute Gasteiger partial charge is 0.396 e. The molecule has 1 heterocycles. The molecule has 18 heavy (non-hydrogen) atoms. The number of halogens is 3. The number of hydrogen-bond donors (Lipinski definition) is 4. The van der Waals surface area contributed by atoms with E-state index in [0.29, 0.717) is 19.4 Å². The van der Waals surface area contributed by atoms with Gasteiger partial charge in [-0.3, -0.25) is 0 Å². The summed E-state index contributed by atoms with van der Waals surface area (Å²) in [4.78, 5) is 6.56. The van der Waals surface area contributed by atoms with Crippen LogP contribution in [0.2, 0.25) is 0 Å². The number of aromatic nitrogens is 2. The fraction of sp³-hybridized carbons (Fsp3) is 0.556. The Labute approximate surface area is 101 Å². The molecule has 0 atom stereocenters. The Hall–Kier alpha value is -1.61. The van der Waals surface area contributed by atoms with Gasteiger partial charge >= 0.3 is 6.18 Å². The number of aliphatic hydroxyl groups excluding tert-OH is 1. The highest BCUT2D eigenvalue weighted by molar-refractivity contribution is 5.47. The third kappa shape index (κ3) is 4.34. The number of aliphatic hydroxyl groups is 1. The maximum absolute atomic E-state index is 12.5. The molecule has 0 radical (unpaired) electrons. The van der Waals surface area contributed by atoms with E-state index in [1.165, 1.54) is 6.07 Å². The lowest BCUT2D eigenvalue weighted by Crippen LogP contribution is -2.17. The number of hydrogen-bond acceptors (Lipinski definition) is 6. The van der Waals surface area contributed by atoms with E-state index in [0.717, 1.165) is 0 Å². The van der Waals surface area contributed by atoms with Crippen molar-refractivity contribution in [2.75, 3.05) is 23.9 Å². The Kier molecular flexibility index (Phi) is 5.10. The number of unbranched alkanes of at least 4 members (excludes halogenated alkanes) is 1. The van der Waals surface area contributed by atoms with E-state index >= 15 is 0 Å². The Morgan fingerprint density at radius 2 is 1.89 bits per heavy atom. The van der Waals surface area contributed by atoms with Crippen LogP contribution in [0.3, 0.4) is 0 Å². The van der Waals surface area contributed by atoms with Gasteiger partial charge < -0.3 is 15.8 Å². The van der Waals surface area contributed by atoms with Gasteiger partial charge in [-0.25, -0.2) is 15.8 Å². The number of nitrogens with two attached hydrogens (primary N) is 1. The molecule has 0 spiro atoms. The minimum atomic E-state index is -4.63. The van der Waals surface area contributed by atoms with Crippen LogP contribution in [-0.4, -0.2) is 28.2 Å². The Morgan fingerprint density at radius 1 is 1.22 bits per heavy atom. The van der Waals surface area contributed by atoms with Crippen LogP contribution in [0.5, 0.6) is 0 Å². The molecule has 0 aliphatic rings. The van der Waals surface area contributed by atoms with Gasteiger partial charge in [0.15, 0.2) is 0 Å². The molecule has 0 amide bonds. The molecule has 1 aromatic rings. The first kappa shape index (κ1) is 14.5. The predicted octanol–water partition coefficient (Wildman–Crippen LogP) is 0.965. The number of alkyl halides is 3. The van der Waals surface area contributed by atoms with E-state index in [9.17, 15) is 13.2 Å². The van der Waals surface area contributed by atoms with Crippen molar-refractivity contribution in [3.63, 3.8) is 0 Å². The highest BCUT2D eigenvalue weighted by Crippen LogP contribution is 2.28. The third-order valence-electron chi connectivity index (χ3n) is 2.02. The summed E-state index contributed by atoms with van der Waals surface area (Å²) in [6, 6.07) is 1.27. The Bertz CT molecular complexity index is 385. The highest BCUT2D eigenvalue weighted by Gasteiger charge is 2.35. The van der Waals surface area contributed by atoms with Crippen LogP contribution in [0.1, 0.15) is 18.7 Å². The minimum absolute atomic E-state index is 0.0308. The monoisotopic (exact) mass is 265 g/mol. The molecule has 0 unspecified atom stereocenters. The standard InChI is InChI=1S/C9H14F3N5O/c10-9(11,12)8-15-6(5-7(16-8)17-13)14-3-1-2-4-18/h5,18H,1-4,13H2,(H2,14,15,16,17). The van der Waals surface area contributed by atoms with Crippen molar-refractivity contribution < 1.29 is 18.3 Å². The second-order valence-electron chi connectivity index (χ2n) is 3.46. The van der Waals surface area contributed by atoms with Gasteiger partial charge in [-0.1, -0.05) is 0 Å². The second-order valence-corrected chi connectivity index (χ2v) is 3.46. The van der Waals surface area contributed by atoms with Crippen LogP contribution < -0.4 is 16.6 Å². The highest BCUT2D eigenvalue weighted by atomic mass is 19.4. The molecule has 0 saturated carbocycles. The van der Waals surface area contributed by atoms with Gasteiger partial charge in [0.1, 0.15) is 11.6 Å². The molecular formula is C9H14F3N5O. The quantitative estimate of drug-likeness (QED) is 0.348. The fourth-order valence-corrected chi connectivity index (χ4v) is 1.19. The third-order valence-corrected chi connectivity index (χ3v) is 2.02. The first-order chi connectivity index (χ1) is 8.47. The minimum Gasteiger partial charge on any atom is -0.396 e. The van der Waals surface area contributed by atoms with Crippen molar-refractivity contribution in [3.05, 3.63) is 11.9 Å². The molecule has 0 aromatic carbocycles. The van der Waals surface area contributed by atoms with Gasteiger partial charge in [-0.2, -0.15) is 13.2 Å². The van der Waals surface area contributed by atoms with E-state index in [1.54, 1.807) is 0 Å². The second kappa shape index (κ2) is 6.36. The van der Waals surface area contributed by atoms with E-state index < -0.39 is 12.0 Å². The van der Waals surface area contributed by atoms with Crippen molar-refractivity contribution in [3.8, 4) is 0 Å². The van der Waals surface area contributed by atoms with Crippen LogP contribution >= 0.6 is 0 Å². The molecule has 6 nitrogen and oxygen atoms in total. The van der Waals surface area contributed by atoms with E-state index in [1.807, 2.05) is 0 Å². The SMILES string of the molecule is NNc1cc(NCCCCO)nc(C(F)(F)F)n1. The molecule has 1 aromatic heterocycles. The topological polar surface area (TPSA) is 96.1 Å². The Balaban J connectivity index is 2.78. The summed E-state index contributed by atoms with van der Waals surface area (Å²) in [7, 11) is 0. The van der Waals surface area contributed by atoms with Crippen molar-refractivity contribution in [2.45, 2.75) is 19.0 Å². The molecule has 0 bridgehead atoms. The number of nitrogens with zero attached hydrogens (tertiary/aromatic N) is 2. The lowest BCUT2D eigenvalue weighted by molar-refractivity contribution is -0.144. The van der Waals surface area contributed by atoms with E-state index in [2.05, 4.69) is 20.7 Å². The molecule has 0 fully saturated rings. The average molecular weight is 265 g/mol. The van der Waals surface area contributed by atoms with Crippen LogP contribution in [0.4, 0.5) is 24.8 Å². The van der Waals surface area contributed by atoms with E-state index in [4.69, 9.17) is 10.9 Å². The number of nitrogen functional groups attached to an aromatic ring is 1. The summed E-state index contributed by atoms with van der Waals surface area (Å²) < 4.78 is 37.4. The summed E-state index contributed by atoms with van der Waals surface area (Å²) >= 11 is 0. The first-order valence-corrected chi connectivity index (χ1v) is 5.25. The maximum atomic E-state index is 12.5. The molecule has 1 rings (SSSR count). The van der Waals surface area contributed by atoms with Crippen molar-refractivity contribution in [1.82, 2.24) is 9.97 Å². The molecular weight excluding hydrogens is 251 g/mol. The molecule has 9 heteroatoms. The summed E-state index contributed by atoms with van der Waals surface area (Å²) in [5.74, 6) is 3.68. The van der Waals surface area contributed by atoms with Crippen LogP contribution in [0, 0.1) is 0 Å². The van der Waals surface area contributed by atoms with Gasteiger partial charge in [0.05, 0.1) is 0 Å². The van der Waals surface area contributed by atoms with Gasteiger partial charge in [0.2, 0.25) is 5.82 Å². The van der Waals surface area contributed by atoms with Gasteiger partial charge in [-0.15, -0.1) is 0 Å². The summed E-state index contributed by atoms with van der Waals surface area (Å²) in [5, 5.41) is 11.3. The maximum Gasteiger partial charge on any atom is 0.451 e. The lowest BCUT2D eigenvalue weighted by atomic mass is 10.3.